The summed E-state index contributed by atoms with van der Waals surface area (Å²) in [4.78, 5) is 24.7. The molecule has 1 aromatic heterocycles. The summed E-state index contributed by atoms with van der Waals surface area (Å²) in [5.74, 6) is -0.291. The first-order valence-electron chi connectivity index (χ1n) is 6.77. The maximum absolute atomic E-state index is 12.5. The van der Waals surface area contributed by atoms with E-state index in [1.165, 1.54) is 10.8 Å². The Morgan fingerprint density at radius 1 is 1.19 bits per heavy atom. The van der Waals surface area contributed by atoms with Crippen LogP contribution in [0.15, 0.2) is 52.9 Å². The van der Waals surface area contributed by atoms with Gasteiger partial charge in [0.2, 0.25) is 0 Å². The Labute approximate surface area is 123 Å². The van der Waals surface area contributed by atoms with Crippen molar-refractivity contribution in [1.82, 2.24) is 9.78 Å². The first-order chi connectivity index (χ1) is 10.0. The van der Waals surface area contributed by atoms with Crippen LogP contribution in [0.3, 0.4) is 0 Å². The number of carbonyl (C=O) groups is 1. The molecule has 1 heterocycles. The van der Waals surface area contributed by atoms with Crippen LogP contribution < -0.4 is 5.56 Å². The number of hydrogen-bond donors (Lipinski definition) is 1. The number of carbonyl (C=O) groups excluding carboxylic acids is 1. The Kier molecular flexibility index (Phi) is 4.38. The average molecular weight is 282 g/mol. The molecule has 2 aromatic rings. The van der Waals surface area contributed by atoms with Crippen molar-refractivity contribution in [2.24, 2.45) is 0 Å². The topological polar surface area (TPSA) is 54.9 Å². The SMILES string of the molecule is C/C=C/C(=O)c1c(C=C(C)C)[nH]n(-c2ccccc2)c1=O. The third kappa shape index (κ3) is 3.11. The monoisotopic (exact) mass is 282 g/mol. The molecule has 0 saturated carbocycles. The van der Waals surface area contributed by atoms with Crippen molar-refractivity contribution in [3.05, 3.63) is 69.7 Å². The molecule has 1 aromatic carbocycles. The Morgan fingerprint density at radius 2 is 1.86 bits per heavy atom. The van der Waals surface area contributed by atoms with Gasteiger partial charge >= 0.3 is 0 Å². The van der Waals surface area contributed by atoms with Gasteiger partial charge in [0.1, 0.15) is 5.56 Å². The summed E-state index contributed by atoms with van der Waals surface area (Å²) >= 11 is 0. The quantitative estimate of drug-likeness (QED) is 0.690. The summed E-state index contributed by atoms with van der Waals surface area (Å²) in [5, 5.41) is 3.01. The number of nitrogens with one attached hydrogen (secondary N) is 1. The van der Waals surface area contributed by atoms with E-state index < -0.39 is 0 Å². The third-order valence-electron chi connectivity index (χ3n) is 2.93. The van der Waals surface area contributed by atoms with Gasteiger partial charge in [0, 0.05) is 0 Å². The highest BCUT2D eigenvalue weighted by atomic mass is 16.2. The summed E-state index contributed by atoms with van der Waals surface area (Å²) in [6.45, 7) is 5.59. The van der Waals surface area contributed by atoms with Crippen molar-refractivity contribution in [3.63, 3.8) is 0 Å². The molecule has 4 heteroatoms. The second-order valence-electron chi connectivity index (χ2n) is 4.96. The lowest BCUT2D eigenvalue weighted by Gasteiger charge is -1.99. The zero-order chi connectivity index (χ0) is 15.4. The number of para-hydroxylation sites is 1. The molecular formula is C17H18N2O2. The molecule has 0 fully saturated rings. The average Bonchev–Trinajstić information content (AvgIpc) is 2.76. The molecule has 0 bridgehead atoms. The Balaban J connectivity index is 2.69. The number of benzene rings is 1. The van der Waals surface area contributed by atoms with E-state index >= 15 is 0 Å². The van der Waals surface area contributed by atoms with E-state index in [0.717, 1.165) is 5.57 Å². The van der Waals surface area contributed by atoms with Crippen LogP contribution >= 0.6 is 0 Å². The Morgan fingerprint density at radius 3 is 2.43 bits per heavy atom. The lowest BCUT2D eigenvalue weighted by atomic mass is 10.1. The largest absolute Gasteiger partial charge is 0.290 e. The summed E-state index contributed by atoms with van der Waals surface area (Å²) < 4.78 is 1.39. The third-order valence-corrected chi connectivity index (χ3v) is 2.93. The number of nitrogens with zero attached hydrogens (tertiary/aromatic N) is 1. The lowest BCUT2D eigenvalue weighted by molar-refractivity contribution is 0.104. The van der Waals surface area contributed by atoms with Gasteiger partial charge in [-0.05, 0) is 45.1 Å². The van der Waals surface area contributed by atoms with Crippen LogP contribution in [0.4, 0.5) is 0 Å². The molecule has 0 amide bonds. The Hall–Kier alpha value is -2.62. The van der Waals surface area contributed by atoms with Crippen LogP contribution in [0.2, 0.25) is 0 Å². The summed E-state index contributed by atoms with van der Waals surface area (Å²) in [7, 11) is 0. The van der Waals surface area contributed by atoms with Gasteiger partial charge < -0.3 is 0 Å². The molecule has 0 aliphatic rings. The zero-order valence-electron chi connectivity index (χ0n) is 12.4. The van der Waals surface area contributed by atoms with E-state index in [4.69, 9.17) is 0 Å². The minimum Gasteiger partial charge on any atom is -0.290 e. The molecule has 0 aliphatic heterocycles. The molecule has 21 heavy (non-hydrogen) atoms. The minimum atomic E-state index is -0.336. The van der Waals surface area contributed by atoms with Gasteiger partial charge in [0.25, 0.3) is 5.56 Å². The Bertz CT molecular complexity index is 758. The van der Waals surface area contributed by atoms with Gasteiger partial charge in [-0.1, -0.05) is 29.8 Å². The molecule has 4 nitrogen and oxygen atoms in total. The molecule has 0 radical (unpaired) electrons. The summed E-state index contributed by atoms with van der Waals surface area (Å²) in [6, 6.07) is 9.19. The predicted octanol–water partition coefficient (Wildman–Crippen LogP) is 3.35. The molecular weight excluding hydrogens is 264 g/mol. The van der Waals surface area contributed by atoms with E-state index in [9.17, 15) is 9.59 Å². The van der Waals surface area contributed by atoms with Crippen LogP contribution in [-0.2, 0) is 0 Å². The van der Waals surface area contributed by atoms with E-state index in [2.05, 4.69) is 5.10 Å². The molecule has 2 rings (SSSR count). The first kappa shape index (κ1) is 14.8. The smallest absolute Gasteiger partial charge is 0.283 e. The number of aromatic nitrogens is 2. The van der Waals surface area contributed by atoms with Crippen LogP contribution in [-0.4, -0.2) is 15.6 Å². The van der Waals surface area contributed by atoms with Crippen molar-refractivity contribution >= 4 is 11.9 Å². The minimum absolute atomic E-state index is 0.165. The number of allylic oxidation sites excluding steroid dienone is 3. The van der Waals surface area contributed by atoms with Gasteiger partial charge in [-0.2, -0.15) is 0 Å². The van der Waals surface area contributed by atoms with Crippen molar-refractivity contribution < 1.29 is 4.79 Å². The van der Waals surface area contributed by atoms with Gasteiger partial charge in [0.05, 0.1) is 11.4 Å². The number of hydrogen-bond acceptors (Lipinski definition) is 2. The molecule has 0 unspecified atom stereocenters. The molecule has 0 atom stereocenters. The second-order valence-corrected chi connectivity index (χ2v) is 4.96. The highest BCUT2D eigenvalue weighted by Gasteiger charge is 2.18. The number of rotatable bonds is 4. The zero-order valence-corrected chi connectivity index (χ0v) is 12.4. The fourth-order valence-electron chi connectivity index (χ4n) is 2.08. The molecule has 1 N–H and O–H groups in total. The van der Waals surface area contributed by atoms with Gasteiger partial charge in [0.15, 0.2) is 5.78 Å². The second kappa shape index (κ2) is 6.22. The summed E-state index contributed by atoms with van der Waals surface area (Å²) in [6.07, 6.45) is 4.84. The van der Waals surface area contributed by atoms with Crippen LogP contribution in [0, 0.1) is 0 Å². The summed E-state index contributed by atoms with van der Waals surface area (Å²) in [5.41, 5.74) is 2.07. The predicted molar refractivity (Wildman–Crippen MR) is 84.9 cm³/mol. The van der Waals surface area contributed by atoms with E-state index in [1.807, 2.05) is 44.2 Å². The highest BCUT2D eigenvalue weighted by molar-refractivity contribution is 6.06. The van der Waals surface area contributed by atoms with E-state index in [-0.39, 0.29) is 16.9 Å². The fourth-order valence-corrected chi connectivity index (χ4v) is 2.08. The standard InChI is InChI=1S/C17H18N2O2/c1-4-8-15(20)16-14(11-12(2)3)18-19(17(16)21)13-9-6-5-7-10-13/h4-11,18H,1-3H3/b8-4+. The van der Waals surface area contributed by atoms with E-state index in [0.29, 0.717) is 11.4 Å². The number of aromatic amines is 1. The first-order valence-corrected chi connectivity index (χ1v) is 6.77. The molecule has 108 valence electrons. The van der Waals surface area contributed by atoms with Crippen molar-refractivity contribution in [2.75, 3.05) is 0 Å². The number of ketones is 1. The van der Waals surface area contributed by atoms with Crippen molar-refractivity contribution in [3.8, 4) is 5.69 Å². The molecule has 0 spiro atoms. The number of H-pyrrole nitrogens is 1. The molecule has 0 aliphatic carbocycles. The van der Waals surface area contributed by atoms with Crippen LogP contribution in [0.5, 0.6) is 0 Å². The van der Waals surface area contributed by atoms with Crippen molar-refractivity contribution in [1.29, 1.82) is 0 Å². The van der Waals surface area contributed by atoms with Gasteiger partial charge in [-0.3, -0.25) is 14.7 Å². The van der Waals surface area contributed by atoms with Crippen LogP contribution in [0.25, 0.3) is 11.8 Å². The van der Waals surface area contributed by atoms with E-state index in [1.54, 1.807) is 19.1 Å². The van der Waals surface area contributed by atoms with Gasteiger partial charge in [-0.25, -0.2) is 4.68 Å². The maximum Gasteiger partial charge on any atom is 0.283 e. The normalized spacial score (nSPS) is 10.8. The maximum atomic E-state index is 12.5. The van der Waals surface area contributed by atoms with Crippen molar-refractivity contribution in [2.45, 2.75) is 20.8 Å². The van der Waals surface area contributed by atoms with Crippen LogP contribution in [0.1, 0.15) is 36.8 Å². The van der Waals surface area contributed by atoms with Gasteiger partial charge in [-0.15, -0.1) is 0 Å². The highest BCUT2D eigenvalue weighted by Crippen LogP contribution is 2.12. The molecule has 0 saturated heterocycles. The fraction of sp³-hybridized carbons (Fsp3) is 0.176. The lowest BCUT2D eigenvalue weighted by Crippen LogP contribution is -2.19.